The summed E-state index contributed by atoms with van der Waals surface area (Å²) in [6.45, 7) is 0. The van der Waals surface area contributed by atoms with Crippen LogP contribution in [0.25, 0.3) is 0 Å². The van der Waals surface area contributed by atoms with Crippen LogP contribution in [0.4, 0.5) is 0 Å². The van der Waals surface area contributed by atoms with Crippen LogP contribution in [0.5, 0.6) is 0 Å². The predicted molar refractivity (Wildman–Crippen MR) is 47.4 cm³/mol. The number of hydrogen-bond acceptors (Lipinski definition) is 0. The Bertz CT molecular complexity index is 73.7. The van der Waals surface area contributed by atoms with Gasteiger partial charge in [0, 0.05) is 14.5 Å². The summed E-state index contributed by atoms with van der Waals surface area (Å²) >= 11 is 10.7. The molecule has 0 saturated heterocycles. The van der Waals surface area contributed by atoms with Crippen LogP contribution in [0.2, 0.25) is 0 Å². The first-order chi connectivity index (χ1) is 3.70. The van der Waals surface area contributed by atoms with Crippen molar-refractivity contribution in [1.29, 1.82) is 0 Å². The highest BCUT2D eigenvalue weighted by Gasteiger charge is 2.28. The first kappa shape index (κ1) is 7.55. The van der Waals surface area contributed by atoms with Gasteiger partial charge in [-0.05, 0) is 12.8 Å². The Morgan fingerprint density at radius 2 is 1.25 bits per heavy atom. The summed E-state index contributed by atoms with van der Waals surface area (Å²) in [4.78, 5) is 2.06. The zero-order valence-corrected chi connectivity index (χ0v) is 9.04. The number of hydrogen-bond donors (Lipinski definition) is 0. The van der Waals surface area contributed by atoms with E-state index in [-0.39, 0.29) is 0 Å². The number of halogens is 3. The zero-order valence-electron chi connectivity index (χ0n) is 4.28. The Labute approximate surface area is 74.8 Å². The van der Waals surface area contributed by atoms with Gasteiger partial charge in [0.05, 0.1) is 0 Å². The third kappa shape index (κ3) is 1.71. The van der Waals surface area contributed by atoms with Gasteiger partial charge in [0.2, 0.25) is 0 Å². The lowest BCUT2D eigenvalue weighted by atomic mass is 10.4. The quantitative estimate of drug-likeness (QED) is 0.603. The molecule has 1 fully saturated rings. The molecule has 1 saturated carbocycles. The molecule has 0 spiro atoms. The minimum Gasteiger partial charge on any atom is -0.0890 e. The molecule has 0 radical (unpaired) electrons. The maximum absolute atomic E-state index is 3.57. The molecule has 0 aromatic rings. The van der Waals surface area contributed by atoms with Crippen LogP contribution in [-0.2, 0) is 0 Å². The summed E-state index contributed by atoms with van der Waals surface area (Å²) in [5.74, 6) is 0. The topological polar surface area (TPSA) is 0 Å². The fourth-order valence-electron chi connectivity index (χ4n) is 0.880. The van der Waals surface area contributed by atoms with Gasteiger partial charge in [0.15, 0.2) is 0 Å². The van der Waals surface area contributed by atoms with Crippen LogP contribution in [0, 0.1) is 0 Å². The molecule has 2 unspecified atom stereocenters. The fourth-order valence-corrected chi connectivity index (χ4v) is 4.02. The number of rotatable bonds is 0. The molecule has 0 aromatic carbocycles. The molecule has 1 aliphatic rings. The molecule has 48 valence electrons. The van der Waals surface area contributed by atoms with E-state index in [9.17, 15) is 0 Å². The third-order valence-electron chi connectivity index (χ3n) is 1.35. The fraction of sp³-hybridized carbons (Fsp3) is 1.00. The van der Waals surface area contributed by atoms with E-state index in [1.165, 1.54) is 12.8 Å². The molecular weight excluding hydrogens is 300 g/mol. The van der Waals surface area contributed by atoms with E-state index in [1.807, 2.05) is 0 Å². The Kier molecular flexibility index (Phi) is 2.85. The van der Waals surface area contributed by atoms with Crippen LogP contribution in [0.3, 0.4) is 0 Å². The molecule has 0 N–H and O–H groups in total. The summed E-state index contributed by atoms with van der Waals surface area (Å²) in [5, 5.41) is 0. The van der Waals surface area contributed by atoms with Crippen LogP contribution in [0.1, 0.15) is 12.8 Å². The molecule has 8 heavy (non-hydrogen) atoms. The monoisotopic (exact) mass is 304 g/mol. The lowest BCUT2D eigenvalue weighted by Gasteiger charge is -2.00. The second-order valence-corrected chi connectivity index (χ2v) is 5.75. The van der Waals surface area contributed by atoms with Gasteiger partial charge in [-0.3, -0.25) is 0 Å². The lowest BCUT2D eigenvalue weighted by Crippen LogP contribution is -2.02. The maximum atomic E-state index is 3.57. The molecule has 0 aromatic heterocycles. The largest absolute Gasteiger partial charge is 0.0890 e. The average Bonchev–Trinajstić information content (AvgIpc) is 1.85. The second kappa shape index (κ2) is 3.02. The second-order valence-electron chi connectivity index (χ2n) is 2.10. The van der Waals surface area contributed by atoms with Crippen molar-refractivity contribution < 1.29 is 0 Å². The van der Waals surface area contributed by atoms with Gasteiger partial charge in [-0.1, -0.05) is 47.8 Å². The van der Waals surface area contributed by atoms with E-state index in [0.717, 1.165) is 4.83 Å². The van der Waals surface area contributed by atoms with E-state index >= 15 is 0 Å². The van der Waals surface area contributed by atoms with Gasteiger partial charge in [-0.25, -0.2) is 0 Å². The third-order valence-corrected chi connectivity index (χ3v) is 4.84. The van der Waals surface area contributed by atoms with Crippen molar-refractivity contribution in [1.82, 2.24) is 0 Å². The smallest absolute Gasteiger partial charge is 0.0282 e. The van der Waals surface area contributed by atoms with E-state index in [0.29, 0.717) is 9.65 Å². The van der Waals surface area contributed by atoms with Gasteiger partial charge in [0.25, 0.3) is 0 Å². The molecule has 0 heterocycles. The predicted octanol–water partition coefficient (Wildman–Crippen LogP) is 3.07. The van der Waals surface area contributed by atoms with Crippen LogP contribution >= 0.6 is 47.8 Å². The first-order valence-corrected chi connectivity index (χ1v) is 5.37. The highest BCUT2D eigenvalue weighted by atomic mass is 79.9. The summed E-state index contributed by atoms with van der Waals surface area (Å²) in [6, 6.07) is 0. The molecule has 3 heteroatoms. The highest BCUT2D eigenvalue weighted by Crippen LogP contribution is 2.35. The maximum Gasteiger partial charge on any atom is 0.0282 e. The Balaban J connectivity index is 2.39. The van der Waals surface area contributed by atoms with Gasteiger partial charge < -0.3 is 0 Å². The van der Waals surface area contributed by atoms with E-state index < -0.39 is 0 Å². The van der Waals surface area contributed by atoms with Crippen molar-refractivity contribution >= 4 is 47.8 Å². The van der Waals surface area contributed by atoms with Crippen LogP contribution < -0.4 is 0 Å². The van der Waals surface area contributed by atoms with Crippen molar-refractivity contribution in [3.05, 3.63) is 0 Å². The minimum absolute atomic E-state index is 0.673. The van der Waals surface area contributed by atoms with Crippen LogP contribution in [-0.4, -0.2) is 14.5 Å². The molecule has 1 rings (SSSR count). The number of alkyl halides is 3. The minimum atomic E-state index is 0.673. The van der Waals surface area contributed by atoms with Crippen LogP contribution in [0.15, 0.2) is 0 Å². The molecular formula is C5H7Br3. The van der Waals surface area contributed by atoms with E-state index in [1.54, 1.807) is 0 Å². The van der Waals surface area contributed by atoms with E-state index in [4.69, 9.17) is 0 Å². The first-order valence-electron chi connectivity index (χ1n) is 2.62. The highest BCUT2D eigenvalue weighted by molar-refractivity contribution is 9.12. The summed E-state index contributed by atoms with van der Waals surface area (Å²) in [6.07, 6.45) is 2.49. The molecule has 0 amide bonds. The van der Waals surface area contributed by atoms with Gasteiger partial charge >= 0.3 is 0 Å². The standard InChI is InChI=1S/C5H7Br3/c6-3-1-4(7)5(8)2-3/h3-5H,1-2H2. The lowest BCUT2D eigenvalue weighted by molar-refractivity contribution is 0.934. The SMILES string of the molecule is BrC1CC(Br)C(Br)C1. The Morgan fingerprint density at radius 1 is 0.875 bits per heavy atom. The zero-order chi connectivity index (χ0) is 6.15. The summed E-state index contributed by atoms with van der Waals surface area (Å²) in [5.41, 5.74) is 0. The van der Waals surface area contributed by atoms with Crippen molar-refractivity contribution in [2.45, 2.75) is 27.3 Å². The van der Waals surface area contributed by atoms with E-state index in [2.05, 4.69) is 47.8 Å². The summed E-state index contributed by atoms with van der Waals surface area (Å²) < 4.78 is 0. The molecule has 0 bridgehead atoms. The van der Waals surface area contributed by atoms with Crippen molar-refractivity contribution in [3.63, 3.8) is 0 Å². The molecule has 2 atom stereocenters. The van der Waals surface area contributed by atoms with Gasteiger partial charge in [0.1, 0.15) is 0 Å². The normalized spacial score (nSPS) is 47.6. The van der Waals surface area contributed by atoms with Crippen molar-refractivity contribution in [2.75, 3.05) is 0 Å². The Morgan fingerprint density at radius 3 is 1.38 bits per heavy atom. The molecule has 0 nitrogen and oxygen atoms in total. The van der Waals surface area contributed by atoms with Crippen molar-refractivity contribution in [2.24, 2.45) is 0 Å². The summed E-state index contributed by atoms with van der Waals surface area (Å²) in [7, 11) is 0. The van der Waals surface area contributed by atoms with Gasteiger partial charge in [-0.2, -0.15) is 0 Å². The van der Waals surface area contributed by atoms with Crippen molar-refractivity contribution in [3.8, 4) is 0 Å². The molecule has 1 aliphatic carbocycles. The van der Waals surface area contributed by atoms with Gasteiger partial charge in [-0.15, -0.1) is 0 Å². The average molecular weight is 307 g/mol. The molecule has 0 aliphatic heterocycles. The Hall–Kier alpha value is 1.44.